The third-order valence-corrected chi connectivity index (χ3v) is 3.91. The molecule has 0 amide bonds. The van der Waals surface area contributed by atoms with Crippen LogP contribution in [0.25, 0.3) is 11.3 Å². The first kappa shape index (κ1) is 12.2. The van der Waals surface area contributed by atoms with Crippen LogP contribution in [0.1, 0.15) is 0 Å². The Bertz CT molecular complexity index is 512. The van der Waals surface area contributed by atoms with Gasteiger partial charge in [-0.2, -0.15) is 5.10 Å². The molecular weight excluding hydrogens is 362 g/mol. The van der Waals surface area contributed by atoms with Crippen LogP contribution in [0, 0.1) is 5.82 Å². The van der Waals surface area contributed by atoms with Crippen LogP contribution >= 0.6 is 46.2 Å². The van der Waals surface area contributed by atoms with E-state index in [0.717, 1.165) is 16.3 Å². The summed E-state index contributed by atoms with van der Waals surface area (Å²) in [5.74, 6) is -0.260. The molecule has 84 valence electrons. The smallest absolute Gasteiger partial charge is 0.138 e. The highest BCUT2D eigenvalue weighted by atomic mass is 127. The van der Waals surface area contributed by atoms with Gasteiger partial charge in [0.15, 0.2) is 0 Å². The van der Waals surface area contributed by atoms with E-state index in [0.29, 0.717) is 5.02 Å². The van der Waals surface area contributed by atoms with Crippen molar-refractivity contribution in [2.75, 3.05) is 6.26 Å². The molecule has 6 heteroatoms. The summed E-state index contributed by atoms with van der Waals surface area (Å²) in [6.45, 7) is 0. The predicted octanol–water partition coefficient (Wildman–Crippen LogP) is 4.26. The van der Waals surface area contributed by atoms with Gasteiger partial charge in [-0.25, -0.2) is 7.29 Å². The van der Waals surface area contributed by atoms with Crippen LogP contribution < -0.4 is 0 Å². The Morgan fingerprint density at radius 2 is 2.00 bits per heavy atom. The maximum Gasteiger partial charge on any atom is 0.138 e. The average Bonchev–Trinajstić information content (AvgIpc) is 2.56. The second kappa shape index (κ2) is 4.93. The minimum Gasteiger partial charge on any atom is -0.207 e. The zero-order valence-corrected chi connectivity index (χ0v) is 12.0. The van der Waals surface area contributed by atoms with E-state index in [-0.39, 0.29) is 5.82 Å². The quantitative estimate of drug-likeness (QED) is 0.582. The molecule has 2 aromatic rings. The lowest BCUT2D eigenvalue weighted by molar-refractivity contribution is 0.628. The van der Waals surface area contributed by atoms with E-state index in [1.54, 1.807) is 15.0 Å². The average molecular weight is 369 g/mol. The molecule has 0 atom stereocenters. The van der Waals surface area contributed by atoms with E-state index >= 15 is 0 Å². The lowest BCUT2D eigenvalue weighted by Gasteiger charge is -2.00. The van der Waals surface area contributed by atoms with Crippen LogP contribution in [0.2, 0.25) is 5.02 Å². The van der Waals surface area contributed by atoms with Crippen molar-refractivity contribution in [2.45, 2.75) is 5.03 Å². The monoisotopic (exact) mass is 368 g/mol. The maximum atomic E-state index is 12.8. The van der Waals surface area contributed by atoms with Crippen LogP contribution in [-0.2, 0) is 0 Å². The highest BCUT2D eigenvalue weighted by Gasteiger charge is 2.16. The minimum atomic E-state index is -0.260. The second-order valence-corrected chi connectivity index (χ2v) is 5.13. The van der Waals surface area contributed by atoms with Crippen LogP contribution in [0.3, 0.4) is 0 Å². The van der Waals surface area contributed by atoms with Crippen molar-refractivity contribution in [1.29, 1.82) is 0 Å². The zero-order chi connectivity index (χ0) is 11.7. The molecule has 2 rings (SSSR count). The molecule has 2 nitrogen and oxygen atoms in total. The van der Waals surface area contributed by atoms with Crippen molar-refractivity contribution in [3.05, 3.63) is 35.1 Å². The molecule has 0 saturated heterocycles. The van der Waals surface area contributed by atoms with E-state index in [9.17, 15) is 4.39 Å². The van der Waals surface area contributed by atoms with Gasteiger partial charge in [0.25, 0.3) is 0 Å². The SMILES string of the molecule is CSc1nn(I)c(-c2ccc(F)cc2)c1Cl. The predicted molar refractivity (Wildman–Crippen MR) is 73.8 cm³/mol. The second-order valence-electron chi connectivity index (χ2n) is 3.04. The Morgan fingerprint density at radius 1 is 1.38 bits per heavy atom. The Balaban J connectivity index is 2.55. The molecule has 1 aromatic carbocycles. The van der Waals surface area contributed by atoms with E-state index in [4.69, 9.17) is 11.6 Å². The number of rotatable bonds is 2. The Kier molecular flexibility index (Phi) is 3.76. The molecule has 0 spiro atoms. The summed E-state index contributed by atoms with van der Waals surface area (Å²) in [5.41, 5.74) is 1.65. The molecule has 0 N–H and O–H groups in total. The van der Waals surface area contributed by atoms with Crippen molar-refractivity contribution in [2.24, 2.45) is 0 Å². The van der Waals surface area contributed by atoms with E-state index < -0.39 is 0 Å². The summed E-state index contributed by atoms with van der Waals surface area (Å²) < 4.78 is 14.5. The van der Waals surface area contributed by atoms with Crippen LogP contribution in [-0.4, -0.2) is 14.2 Å². The molecule has 1 heterocycles. The summed E-state index contributed by atoms with van der Waals surface area (Å²) in [7, 11) is 0. The first-order chi connectivity index (χ1) is 7.63. The van der Waals surface area contributed by atoms with Gasteiger partial charge in [-0.1, -0.05) is 11.6 Å². The third kappa shape index (κ3) is 2.21. The fraction of sp³-hybridized carbons (Fsp3) is 0.100. The van der Waals surface area contributed by atoms with Gasteiger partial charge in [0.05, 0.1) is 28.6 Å². The number of aromatic nitrogens is 2. The molecule has 0 radical (unpaired) electrons. The van der Waals surface area contributed by atoms with Crippen LogP contribution in [0.5, 0.6) is 0 Å². The Morgan fingerprint density at radius 3 is 2.50 bits per heavy atom. The highest BCUT2D eigenvalue weighted by molar-refractivity contribution is 14.1. The van der Waals surface area contributed by atoms with Crippen molar-refractivity contribution in [3.8, 4) is 11.3 Å². The first-order valence-corrected chi connectivity index (χ1v) is 6.95. The third-order valence-electron chi connectivity index (χ3n) is 2.07. The molecule has 16 heavy (non-hydrogen) atoms. The fourth-order valence-electron chi connectivity index (χ4n) is 1.33. The van der Waals surface area contributed by atoms with Crippen molar-refractivity contribution in [1.82, 2.24) is 7.99 Å². The van der Waals surface area contributed by atoms with Gasteiger partial charge in [0, 0.05) is 5.56 Å². The van der Waals surface area contributed by atoms with Gasteiger partial charge in [-0.15, -0.1) is 11.8 Å². The van der Waals surface area contributed by atoms with E-state index in [2.05, 4.69) is 28.0 Å². The highest BCUT2D eigenvalue weighted by Crippen LogP contribution is 2.36. The molecule has 0 aliphatic carbocycles. The number of hydrogen-bond acceptors (Lipinski definition) is 2. The summed E-state index contributed by atoms with van der Waals surface area (Å²) in [6, 6.07) is 6.21. The van der Waals surface area contributed by atoms with E-state index in [1.165, 1.54) is 23.9 Å². The van der Waals surface area contributed by atoms with Crippen LogP contribution in [0.15, 0.2) is 29.3 Å². The van der Waals surface area contributed by atoms with Crippen molar-refractivity contribution in [3.63, 3.8) is 0 Å². The lowest BCUT2D eigenvalue weighted by Crippen LogP contribution is -1.86. The van der Waals surface area contributed by atoms with Gasteiger partial charge in [0.2, 0.25) is 0 Å². The number of benzene rings is 1. The summed E-state index contributed by atoms with van der Waals surface area (Å²) in [6.07, 6.45) is 1.92. The zero-order valence-electron chi connectivity index (χ0n) is 8.25. The number of hydrogen-bond donors (Lipinski definition) is 0. The number of thioether (sulfide) groups is 1. The summed E-state index contributed by atoms with van der Waals surface area (Å²) in [5, 5.41) is 5.65. The normalized spacial score (nSPS) is 10.8. The van der Waals surface area contributed by atoms with Crippen molar-refractivity contribution >= 4 is 46.2 Å². The van der Waals surface area contributed by atoms with Gasteiger partial charge in [-0.3, -0.25) is 0 Å². The van der Waals surface area contributed by atoms with Crippen LogP contribution in [0.4, 0.5) is 4.39 Å². The largest absolute Gasteiger partial charge is 0.207 e. The van der Waals surface area contributed by atoms with Gasteiger partial charge < -0.3 is 0 Å². The lowest BCUT2D eigenvalue weighted by atomic mass is 10.1. The van der Waals surface area contributed by atoms with E-state index in [1.807, 2.05) is 6.26 Å². The van der Waals surface area contributed by atoms with Crippen molar-refractivity contribution < 1.29 is 4.39 Å². The first-order valence-electron chi connectivity index (χ1n) is 4.38. The molecule has 0 saturated carbocycles. The molecule has 0 fully saturated rings. The fourth-order valence-corrected chi connectivity index (χ4v) is 3.25. The Labute approximate surface area is 116 Å². The summed E-state index contributed by atoms with van der Waals surface area (Å²) >= 11 is 9.74. The number of nitrogens with zero attached hydrogens (tertiary/aromatic N) is 2. The molecule has 0 aliphatic heterocycles. The summed E-state index contributed by atoms with van der Waals surface area (Å²) in [4.78, 5) is 0. The van der Waals surface area contributed by atoms with Gasteiger partial charge in [0.1, 0.15) is 15.9 Å². The topological polar surface area (TPSA) is 17.8 Å². The van der Waals surface area contributed by atoms with Gasteiger partial charge in [-0.05, 0) is 30.5 Å². The Hall–Kier alpha value is -0.270. The number of halogens is 3. The molecule has 0 bridgehead atoms. The molecule has 0 unspecified atom stereocenters. The minimum absolute atomic E-state index is 0.260. The molecule has 1 aromatic heterocycles. The molecule has 0 aliphatic rings. The standard InChI is InChI=1S/C10H7ClFIN2S/c1-16-10-8(11)9(15(13)14-10)6-2-4-7(12)5-3-6/h2-5H,1H3. The molecular formula is C10H7ClFIN2S. The van der Waals surface area contributed by atoms with Gasteiger partial charge >= 0.3 is 0 Å². The maximum absolute atomic E-state index is 12.8.